The molecular weight excluding hydrogens is 368 g/mol. The van der Waals surface area contributed by atoms with Crippen molar-refractivity contribution in [2.75, 3.05) is 79.2 Å². The maximum absolute atomic E-state index is 11.5. The predicted octanol–water partition coefficient (Wildman–Crippen LogP) is 0.351. The third-order valence-corrected chi connectivity index (χ3v) is 6.81. The Bertz CT molecular complexity index is 535. The van der Waals surface area contributed by atoms with Crippen LogP contribution < -0.4 is 10.6 Å². The van der Waals surface area contributed by atoms with Gasteiger partial charge in [-0.3, -0.25) is 19.6 Å². The summed E-state index contributed by atoms with van der Waals surface area (Å²) in [5, 5.41) is 7.11. The first-order chi connectivity index (χ1) is 14.1. The van der Waals surface area contributed by atoms with Crippen LogP contribution in [-0.2, 0) is 9.53 Å². The van der Waals surface area contributed by atoms with Crippen molar-refractivity contribution >= 4 is 11.9 Å². The van der Waals surface area contributed by atoms with Crippen molar-refractivity contribution in [1.82, 2.24) is 25.3 Å². The molecule has 1 amide bonds. The standard InChI is InChI=1S/C21H40N6O2/c1-19(28)26-12-10-25(11-13-26)9-8-23-20(22-2)24-18-21(6-4-3-5-7-21)27-14-16-29-17-15-27/h3-18H2,1-2H3,(H2,22,23,24). The molecule has 0 radical (unpaired) electrons. The second-order valence-electron chi connectivity index (χ2n) is 8.58. The second kappa shape index (κ2) is 11.1. The Kier molecular flexibility index (Phi) is 8.56. The summed E-state index contributed by atoms with van der Waals surface area (Å²) in [6.45, 7) is 11.8. The van der Waals surface area contributed by atoms with Crippen molar-refractivity contribution in [2.24, 2.45) is 4.99 Å². The number of aliphatic imine (C=N–C) groups is 1. The van der Waals surface area contributed by atoms with E-state index in [-0.39, 0.29) is 11.4 Å². The van der Waals surface area contributed by atoms with Gasteiger partial charge in [-0.15, -0.1) is 0 Å². The van der Waals surface area contributed by atoms with Crippen LogP contribution in [0.3, 0.4) is 0 Å². The van der Waals surface area contributed by atoms with Gasteiger partial charge in [-0.25, -0.2) is 0 Å². The molecule has 2 saturated heterocycles. The molecule has 0 bridgehead atoms. The molecule has 1 aliphatic carbocycles. The lowest BCUT2D eigenvalue weighted by Crippen LogP contribution is -2.60. The number of guanidine groups is 1. The van der Waals surface area contributed by atoms with Gasteiger partial charge in [0.05, 0.1) is 13.2 Å². The molecule has 8 nitrogen and oxygen atoms in total. The molecule has 29 heavy (non-hydrogen) atoms. The molecule has 2 aliphatic heterocycles. The molecule has 0 spiro atoms. The SMILES string of the molecule is CN=C(NCCN1CCN(C(C)=O)CC1)NCC1(N2CCOCC2)CCCCC1. The van der Waals surface area contributed by atoms with Gasteiger partial charge in [0.25, 0.3) is 0 Å². The average molecular weight is 409 g/mol. The van der Waals surface area contributed by atoms with Crippen LogP contribution in [-0.4, -0.2) is 111 Å². The number of morpholine rings is 1. The summed E-state index contributed by atoms with van der Waals surface area (Å²) < 4.78 is 5.59. The highest BCUT2D eigenvalue weighted by Crippen LogP contribution is 2.33. The highest BCUT2D eigenvalue weighted by molar-refractivity contribution is 5.79. The van der Waals surface area contributed by atoms with Crippen LogP contribution in [0.1, 0.15) is 39.0 Å². The number of nitrogens with zero attached hydrogens (tertiary/aromatic N) is 4. The molecule has 1 saturated carbocycles. The number of ether oxygens (including phenoxy) is 1. The lowest BCUT2D eigenvalue weighted by Gasteiger charge is -2.48. The largest absolute Gasteiger partial charge is 0.379 e. The number of rotatable bonds is 6. The zero-order chi connectivity index (χ0) is 20.5. The molecule has 0 aromatic carbocycles. The molecule has 0 atom stereocenters. The van der Waals surface area contributed by atoms with Crippen molar-refractivity contribution < 1.29 is 9.53 Å². The van der Waals surface area contributed by atoms with Gasteiger partial charge in [0.15, 0.2) is 5.96 Å². The highest BCUT2D eigenvalue weighted by Gasteiger charge is 2.38. The molecule has 2 N–H and O–H groups in total. The number of carbonyl (C=O) groups is 1. The van der Waals surface area contributed by atoms with Gasteiger partial charge < -0.3 is 20.3 Å². The molecule has 0 aromatic heterocycles. The highest BCUT2D eigenvalue weighted by atomic mass is 16.5. The first kappa shape index (κ1) is 22.3. The number of amides is 1. The maximum Gasteiger partial charge on any atom is 0.219 e. The van der Waals surface area contributed by atoms with Gasteiger partial charge in [0, 0.05) is 78.4 Å². The summed E-state index contributed by atoms with van der Waals surface area (Å²) in [5.74, 6) is 1.08. The van der Waals surface area contributed by atoms with Crippen LogP contribution in [0.15, 0.2) is 4.99 Å². The molecule has 3 rings (SSSR count). The molecule has 2 heterocycles. The first-order valence-electron chi connectivity index (χ1n) is 11.4. The third kappa shape index (κ3) is 6.30. The van der Waals surface area contributed by atoms with Crippen molar-refractivity contribution in [3.63, 3.8) is 0 Å². The summed E-state index contributed by atoms with van der Waals surface area (Å²) in [4.78, 5) is 22.9. The van der Waals surface area contributed by atoms with Crippen molar-refractivity contribution in [3.8, 4) is 0 Å². The van der Waals surface area contributed by atoms with Crippen molar-refractivity contribution in [3.05, 3.63) is 0 Å². The lowest BCUT2D eigenvalue weighted by atomic mass is 9.80. The maximum atomic E-state index is 11.5. The fraction of sp³-hybridized carbons (Fsp3) is 0.905. The molecule has 0 aromatic rings. The summed E-state index contributed by atoms with van der Waals surface area (Å²) in [7, 11) is 1.85. The summed E-state index contributed by atoms with van der Waals surface area (Å²) in [5.41, 5.74) is 0.239. The predicted molar refractivity (Wildman–Crippen MR) is 116 cm³/mol. The Balaban J connectivity index is 1.42. The van der Waals surface area contributed by atoms with E-state index in [4.69, 9.17) is 4.74 Å². The summed E-state index contributed by atoms with van der Waals surface area (Å²) >= 11 is 0. The van der Waals surface area contributed by atoms with E-state index >= 15 is 0 Å². The van der Waals surface area contributed by atoms with E-state index < -0.39 is 0 Å². The van der Waals surface area contributed by atoms with E-state index in [1.165, 1.54) is 32.1 Å². The van der Waals surface area contributed by atoms with Gasteiger partial charge in [0.2, 0.25) is 5.91 Å². The Hall–Kier alpha value is -1.38. The Morgan fingerprint density at radius 3 is 2.31 bits per heavy atom. The molecule has 166 valence electrons. The minimum Gasteiger partial charge on any atom is -0.379 e. The molecular formula is C21H40N6O2. The monoisotopic (exact) mass is 408 g/mol. The smallest absolute Gasteiger partial charge is 0.219 e. The summed E-state index contributed by atoms with van der Waals surface area (Å²) in [6.07, 6.45) is 6.51. The Morgan fingerprint density at radius 2 is 1.69 bits per heavy atom. The molecule has 8 heteroatoms. The quantitative estimate of drug-likeness (QED) is 0.488. The second-order valence-corrected chi connectivity index (χ2v) is 8.58. The fourth-order valence-electron chi connectivity index (χ4n) is 4.94. The zero-order valence-corrected chi connectivity index (χ0v) is 18.4. The average Bonchev–Trinajstić information content (AvgIpc) is 2.77. The molecule has 0 unspecified atom stereocenters. The zero-order valence-electron chi connectivity index (χ0n) is 18.4. The summed E-state index contributed by atoms with van der Waals surface area (Å²) in [6, 6.07) is 0. The van der Waals surface area contributed by atoms with Crippen molar-refractivity contribution in [1.29, 1.82) is 0 Å². The van der Waals surface area contributed by atoms with Gasteiger partial charge in [-0.1, -0.05) is 19.3 Å². The minimum absolute atomic E-state index is 0.185. The molecule has 3 aliphatic rings. The van der Waals surface area contributed by atoms with E-state index in [1.54, 1.807) is 6.92 Å². The van der Waals surface area contributed by atoms with Gasteiger partial charge in [-0.05, 0) is 12.8 Å². The number of carbonyl (C=O) groups excluding carboxylic acids is 1. The number of nitrogens with one attached hydrogen (secondary N) is 2. The van der Waals surface area contributed by atoms with E-state index in [0.717, 1.165) is 78.1 Å². The van der Waals surface area contributed by atoms with Gasteiger partial charge in [-0.2, -0.15) is 0 Å². The lowest BCUT2D eigenvalue weighted by molar-refractivity contribution is -0.130. The number of hydrogen-bond donors (Lipinski definition) is 2. The number of hydrogen-bond acceptors (Lipinski definition) is 5. The third-order valence-electron chi connectivity index (χ3n) is 6.81. The van der Waals surface area contributed by atoms with Crippen LogP contribution in [0.5, 0.6) is 0 Å². The topological polar surface area (TPSA) is 72.4 Å². The normalized spacial score (nSPS) is 24.3. The van der Waals surface area contributed by atoms with Crippen molar-refractivity contribution in [2.45, 2.75) is 44.6 Å². The number of piperazine rings is 1. The molecule has 3 fully saturated rings. The van der Waals surface area contributed by atoms with Crippen LogP contribution in [0.4, 0.5) is 0 Å². The van der Waals surface area contributed by atoms with E-state index in [1.807, 2.05) is 11.9 Å². The Labute approximate surface area is 176 Å². The first-order valence-corrected chi connectivity index (χ1v) is 11.4. The van der Waals surface area contributed by atoms with Gasteiger partial charge >= 0.3 is 0 Å². The van der Waals surface area contributed by atoms with Gasteiger partial charge in [0.1, 0.15) is 0 Å². The van der Waals surface area contributed by atoms with Crippen LogP contribution in [0, 0.1) is 0 Å². The van der Waals surface area contributed by atoms with E-state index in [2.05, 4.69) is 25.4 Å². The van der Waals surface area contributed by atoms with Crippen LogP contribution >= 0.6 is 0 Å². The van der Waals surface area contributed by atoms with Crippen LogP contribution in [0.25, 0.3) is 0 Å². The van der Waals surface area contributed by atoms with E-state index in [9.17, 15) is 4.79 Å². The van der Waals surface area contributed by atoms with Crippen LogP contribution in [0.2, 0.25) is 0 Å². The Morgan fingerprint density at radius 1 is 1.00 bits per heavy atom. The van der Waals surface area contributed by atoms with E-state index in [0.29, 0.717) is 0 Å². The fourth-order valence-corrected chi connectivity index (χ4v) is 4.94. The minimum atomic E-state index is 0.185.